The Balaban J connectivity index is 2.34. The smallest absolute Gasteiger partial charge is 0.288 e. The molecule has 0 aromatic heterocycles. The summed E-state index contributed by atoms with van der Waals surface area (Å²) in [5, 5.41) is 6.16. The second-order valence-corrected chi connectivity index (χ2v) is 5.78. The summed E-state index contributed by atoms with van der Waals surface area (Å²) in [4.78, 5) is 34.0. The van der Waals surface area contributed by atoms with E-state index in [2.05, 4.69) is 5.43 Å². The van der Waals surface area contributed by atoms with Gasteiger partial charge in [-0.15, -0.1) is 0 Å². The van der Waals surface area contributed by atoms with Crippen LogP contribution in [0.2, 0.25) is 0 Å². The standard InChI is InChI=1S/C11H11N3O5S/c1-6-9(15)10(16)11(17)13-14(6)7-2-4-8(5-3-7)20(12,18)19/h2-6H,1H3,(H,13,17)(H2,12,18,19). The Morgan fingerprint density at radius 1 is 1.15 bits per heavy atom. The molecule has 1 aromatic carbocycles. The van der Waals surface area contributed by atoms with Gasteiger partial charge in [0.25, 0.3) is 5.78 Å². The Bertz CT molecular complexity index is 695. The van der Waals surface area contributed by atoms with Crippen LogP contribution in [0.4, 0.5) is 5.69 Å². The maximum absolute atomic E-state index is 11.6. The van der Waals surface area contributed by atoms with Crippen LogP contribution < -0.4 is 15.6 Å². The number of hydrazine groups is 1. The van der Waals surface area contributed by atoms with Crippen LogP contribution in [0.5, 0.6) is 0 Å². The van der Waals surface area contributed by atoms with E-state index in [9.17, 15) is 22.8 Å². The van der Waals surface area contributed by atoms with Gasteiger partial charge in [-0.2, -0.15) is 0 Å². The van der Waals surface area contributed by atoms with Crippen molar-refractivity contribution in [2.75, 3.05) is 5.01 Å². The summed E-state index contributed by atoms with van der Waals surface area (Å²) >= 11 is 0. The van der Waals surface area contributed by atoms with E-state index in [4.69, 9.17) is 5.14 Å². The molecular weight excluding hydrogens is 286 g/mol. The van der Waals surface area contributed by atoms with E-state index < -0.39 is 33.5 Å². The summed E-state index contributed by atoms with van der Waals surface area (Å²) in [7, 11) is -3.82. The number of hydrogen-bond acceptors (Lipinski definition) is 6. The third-order valence-corrected chi connectivity index (χ3v) is 3.79. The van der Waals surface area contributed by atoms with E-state index >= 15 is 0 Å². The van der Waals surface area contributed by atoms with Gasteiger partial charge in [-0.05, 0) is 31.2 Å². The average Bonchev–Trinajstić information content (AvgIpc) is 2.40. The van der Waals surface area contributed by atoms with Crippen LogP contribution in [-0.4, -0.2) is 31.9 Å². The first kappa shape index (κ1) is 14.2. The number of sulfonamides is 1. The lowest BCUT2D eigenvalue weighted by Gasteiger charge is -2.33. The van der Waals surface area contributed by atoms with Crippen LogP contribution in [-0.2, 0) is 24.4 Å². The Morgan fingerprint density at radius 2 is 1.70 bits per heavy atom. The summed E-state index contributed by atoms with van der Waals surface area (Å²) < 4.78 is 22.3. The average molecular weight is 297 g/mol. The topological polar surface area (TPSA) is 127 Å². The molecule has 1 aromatic rings. The maximum Gasteiger partial charge on any atom is 0.314 e. The van der Waals surface area contributed by atoms with Crippen LogP contribution in [0, 0.1) is 0 Å². The van der Waals surface area contributed by atoms with E-state index in [0.717, 1.165) is 0 Å². The van der Waals surface area contributed by atoms with Crippen molar-refractivity contribution in [1.29, 1.82) is 0 Å². The quantitative estimate of drug-likeness (QED) is 0.654. The second kappa shape index (κ2) is 4.69. The lowest BCUT2D eigenvalue weighted by molar-refractivity contribution is -0.147. The monoisotopic (exact) mass is 297 g/mol. The lowest BCUT2D eigenvalue weighted by Crippen LogP contribution is -2.61. The van der Waals surface area contributed by atoms with Gasteiger partial charge in [0.05, 0.1) is 10.6 Å². The number of benzene rings is 1. The molecule has 0 spiro atoms. The minimum atomic E-state index is -3.82. The Labute approximate surface area is 114 Å². The fourth-order valence-electron chi connectivity index (χ4n) is 1.76. The molecule has 0 bridgehead atoms. The van der Waals surface area contributed by atoms with E-state index in [1.165, 1.54) is 36.2 Å². The number of ketones is 2. The van der Waals surface area contributed by atoms with Crippen LogP contribution in [0.1, 0.15) is 6.92 Å². The van der Waals surface area contributed by atoms with Crippen LogP contribution in [0.25, 0.3) is 0 Å². The predicted molar refractivity (Wildman–Crippen MR) is 67.9 cm³/mol. The molecule has 1 fully saturated rings. The molecule has 1 aliphatic rings. The Morgan fingerprint density at radius 3 is 2.20 bits per heavy atom. The van der Waals surface area contributed by atoms with Crippen molar-refractivity contribution >= 4 is 33.2 Å². The van der Waals surface area contributed by atoms with Crippen molar-refractivity contribution in [3.63, 3.8) is 0 Å². The number of amides is 1. The molecular formula is C11H11N3O5S. The van der Waals surface area contributed by atoms with Gasteiger partial charge in [0, 0.05) is 0 Å². The molecule has 1 heterocycles. The summed E-state index contributed by atoms with van der Waals surface area (Å²) in [5.41, 5.74) is 2.62. The number of hydrogen-bond donors (Lipinski definition) is 2. The summed E-state index contributed by atoms with van der Waals surface area (Å²) in [6, 6.07) is 4.36. The van der Waals surface area contributed by atoms with E-state index in [0.29, 0.717) is 5.69 Å². The molecule has 0 saturated carbocycles. The number of rotatable bonds is 2. The van der Waals surface area contributed by atoms with Crippen molar-refractivity contribution < 1.29 is 22.8 Å². The zero-order valence-electron chi connectivity index (χ0n) is 10.4. The van der Waals surface area contributed by atoms with Gasteiger partial charge in [0.2, 0.25) is 15.8 Å². The highest BCUT2D eigenvalue weighted by Gasteiger charge is 2.38. The summed E-state index contributed by atoms with van der Waals surface area (Å²) in [5.74, 6) is -2.96. The van der Waals surface area contributed by atoms with Gasteiger partial charge in [-0.25, -0.2) is 13.6 Å². The molecule has 20 heavy (non-hydrogen) atoms. The largest absolute Gasteiger partial charge is 0.314 e. The van der Waals surface area contributed by atoms with Gasteiger partial charge in [-0.1, -0.05) is 0 Å². The van der Waals surface area contributed by atoms with Crippen molar-refractivity contribution in [3.05, 3.63) is 24.3 Å². The molecule has 106 valence electrons. The molecule has 8 nitrogen and oxygen atoms in total. The highest BCUT2D eigenvalue weighted by atomic mass is 32.2. The van der Waals surface area contributed by atoms with Crippen LogP contribution in [0.3, 0.4) is 0 Å². The van der Waals surface area contributed by atoms with Gasteiger partial charge in [0.1, 0.15) is 6.04 Å². The highest BCUT2D eigenvalue weighted by molar-refractivity contribution is 7.89. The fourth-order valence-corrected chi connectivity index (χ4v) is 2.28. The molecule has 1 saturated heterocycles. The van der Waals surface area contributed by atoms with Crippen molar-refractivity contribution in [3.8, 4) is 0 Å². The second-order valence-electron chi connectivity index (χ2n) is 4.22. The number of nitrogens with zero attached hydrogens (tertiary/aromatic N) is 1. The molecule has 0 aliphatic carbocycles. The Kier molecular flexibility index (Phi) is 3.32. The third-order valence-electron chi connectivity index (χ3n) is 2.86. The third kappa shape index (κ3) is 2.40. The maximum atomic E-state index is 11.6. The number of primary sulfonamides is 1. The molecule has 3 N–H and O–H groups in total. The van der Waals surface area contributed by atoms with E-state index in [1.807, 2.05) is 0 Å². The lowest BCUT2D eigenvalue weighted by atomic mass is 10.1. The minimum Gasteiger partial charge on any atom is -0.288 e. The number of Topliss-reactive ketones (excluding diaryl/α,β-unsaturated/α-hetero) is 2. The van der Waals surface area contributed by atoms with E-state index in [-0.39, 0.29) is 4.90 Å². The zero-order chi connectivity index (χ0) is 15.1. The van der Waals surface area contributed by atoms with Crippen molar-refractivity contribution in [2.45, 2.75) is 17.9 Å². The molecule has 2 rings (SSSR count). The summed E-state index contributed by atoms with van der Waals surface area (Å²) in [6.45, 7) is 1.45. The molecule has 1 atom stereocenters. The first-order valence-electron chi connectivity index (χ1n) is 5.53. The number of nitrogens with one attached hydrogen (secondary N) is 1. The van der Waals surface area contributed by atoms with Gasteiger partial charge in [0.15, 0.2) is 0 Å². The number of carbonyl (C=O) groups excluding carboxylic acids is 3. The fraction of sp³-hybridized carbons (Fsp3) is 0.182. The predicted octanol–water partition coefficient (Wildman–Crippen LogP) is -1.29. The SMILES string of the molecule is CC1C(=O)C(=O)C(=O)NN1c1ccc(S(N)(=O)=O)cc1. The van der Waals surface area contributed by atoms with Gasteiger partial charge in [-0.3, -0.25) is 24.8 Å². The first-order valence-corrected chi connectivity index (χ1v) is 7.07. The zero-order valence-corrected chi connectivity index (χ0v) is 11.2. The van der Waals surface area contributed by atoms with E-state index in [1.54, 1.807) is 0 Å². The van der Waals surface area contributed by atoms with Gasteiger partial charge >= 0.3 is 5.91 Å². The first-order chi connectivity index (χ1) is 9.21. The van der Waals surface area contributed by atoms with Crippen LogP contribution in [0.15, 0.2) is 29.2 Å². The van der Waals surface area contributed by atoms with Crippen molar-refractivity contribution in [2.24, 2.45) is 5.14 Å². The number of carbonyl (C=O) groups is 3. The highest BCUT2D eigenvalue weighted by Crippen LogP contribution is 2.20. The van der Waals surface area contributed by atoms with Crippen molar-refractivity contribution in [1.82, 2.24) is 5.43 Å². The summed E-state index contributed by atoms with van der Waals surface area (Å²) in [6.07, 6.45) is 0. The molecule has 1 amide bonds. The molecule has 1 aliphatic heterocycles. The van der Waals surface area contributed by atoms with Gasteiger partial charge < -0.3 is 0 Å². The number of anilines is 1. The normalized spacial score (nSPS) is 20.0. The molecule has 0 radical (unpaired) electrons. The minimum absolute atomic E-state index is 0.0976. The number of nitrogens with two attached hydrogens (primary N) is 1. The Hall–Kier alpha value is -2.26. The molecule has 9 heteroatoms. The molecule has 1 unspecified atom stereocenters. The van der Waals surface area contributed by atoms with Crippen LogP contribution >= 0.6 is 0 Å².